The van der Waals surface area contributed by atoms with Gasteiger partial charge in [-0.3, -0.25) is 4.79 Å². The molecule has 0 fully saturated rings. The van der Waals surface area contributed by atoms with Gasteiger partial charge in [0.2, 0.25) is 5.91 Å². The van der Waals surface area contributed by atoms with Crippen molar-refractivity contribution in [2.75, 3.05) is 5.32 Å². The molecular weight excluding hydrogens is 261 g/mol. The summed E-state index contributed by atoms with van der Waals surface area (Å²) in [5, 5.41) is 3.65. The quantitative estimate of drug-likeness (QED) is 0.922. The molecule has 0 saturated heterocycles. The molecule has 1 aromatic carbocycles. The summed E-state index contributed by atoms with van der Waals surface area (Å²) < 4.78 is 5.08. The fraction of sp³-hybridized carbons (Fsp3) is 0.0833. The molecule has 17 heavy (non-hydrogen) atoms. The lowest BCUT2D eigenvalue weighted by Crippen LogP contribution is -2.13. The number of anilines is 1. The Morgan fingerprint density at radius 1 is 1.24 bits per heavy atom. The van der Waals surface area contributed by atoms with Gasteiger partial charge in [0.1, 0.15) is 5.76 Å². The number of benzene rings is 1. The van der Waals surface area contributed by atoms with Crippen molar-refractivity contribution in [2.24, 2.45) is 0 Å². The first-order chi connectivity index (χ1) is 8.13. The molecule has 0 aliphatic rings. The number of hydrogen-bond acceptors (Lipinski definition) is 2. The molecule has 88 valence electrons. The third-order valence-corrected chi connectivity index (χ3v) is 2.50. The van der Waals surface area contributed by atoms with Crippen LogP contribution in [0, 0.1) is 0 Å². The van der Waals surface area contributed by atoms with Crippen LogP contribution in [0.1, 0.15) is 5.76 Å². The second-order valence-corrected chi connectivity index (χ2v) is 4.34. The fourth-order valence-corrected chi connectivity index (χ4v) is 1.93. The Kier molecular flexibility index (Phi) is 3.71. The van der Waals surface area contributed by atoms with Gasteiger partial charge < -0.3 is 9.73 Å². The lowest BCUT2D eigenvalue weighted by molar-refractivity contribution is -0.115. The third-order valence-electron chi connectivity index (χ3n) is 2.06. The molecule has 0 bridgehead atoms. The van der Waals surface area contributed by atoms with Crippen molar-refractivity contribution in [3.63, 3.8) is 0 Å². The highest BCUT2D eigenvalue weighted by Gasteiger charge is 2.07. The van der Waals surface area contributed by atoms with E-state index in [1.54, 1.807) is 30.3 Å². The van der Waals surface area contributed by atoms with E-state index >= 15 is 0 Å². The smallest absolute Gasteiger partial charge is 0.231 e. The first kappa shape index (κ1) is 12.0. The molecule has 1 amide bonds. The summed E-state index contributed by atoms with van der Waals surface area (Å²) in [7, 11) is 0. The maximum atomic E-state index is 11.6. The first-order valence-electron chi connectivity index (χ1n) is 4.92. The van der Waals surface area contributed by atoms with Crippen molar-refractivity contribution in [3.05, 3.63) is 52.4 Å². The molecule has 0 aliphatic heterocycles. The van der Waals surface area contributed by atoms with Crippen LogP contribution in [0.3, 0.4) is 0 Å². The van der Waals surface area contributed by atoms with Gasteiger partial charge in [0.05, 0.1) is 12.7 Å². The van der Waals surface area contributed by atoms with Gasteiger partial charge in [-0.25, -0.2) is 0 Å². The summed E-state index contributed by atoms with van der Waals surface area (Å²) >= 11 is 11.6. The van der Waals surface area contributed by atoms with Gasteiger partial charge in [-0.1, -0.05) is 23.2 Å². The number of rotatable bonds is 3. The number of carbonyl (C=O) groups excluding carboxylic acids is 1. The standard InChI is InChI=1S/C12H9Cl2NO2/c13-8-4-9(14)6-10(5-8)15-12(16)7-11-2-1-3-17-11/h1-6H,7H2,(H,15,16). The second-order valence-electron chi connectivity index (χ2n) is 3.46. The molecule has 5 heteroatoms. The number of nitrogens with one attached hydrogen (secondary N) is 1. The molecule has 1 N–H and O–H groups in total. The minimum atomic E-state index is -0.182. The Bertz CT molecular complexity index is 503. The summed E-state index contributed by atoms with van der Waals surface area (Å²) in [5.74, 6) is 0.425. The van der Waals surface area contributed by atoms with E-state index in [0.29, 0.717) is 21.5 Å². The summed E-state index contributed by atoms with van der Waals surface area (Å²) in [6, 6.07) is 8.34. The van der Waals surface area contributed by atoms with Gasteiger partial charge in [-0.05, 0) is 30.3 Å². The van der Waals surface area contributed by atoms with Crippen molar-refractivity contribution in [1.29, 1.82) is 0 Å². The highest BCUT2D eigenvalue weighted by atomic mass is 35.5. The SMILES string of the molecule is O=C(Cc1ccco1)Nc1cc(Cl)cc(Cl)c1. The summed E-state index contributed by atoms with van der Waals surface area (Å²) in [6.07, 6.45) is 1.70. The van der Waals surface area contributed by atoms with E-state index in [4.69, 9.17) is 27.6 Å². The number of furan rings is 1. The largest absolute Gasteiger partial charge is 0.469 e. The molecule has 0 atom stereocenters. The Balaban J connectivity index is 2.03. The van der Waals surface area contributed by atoms with E-state index in [2.05, 4.69) is 5.32 Å². The van der Waals surface area contributed by atoms with E-state index in [1.807, 2.05) is 0 Å². The maximum absolute atomic E-state index is 11.6. The zero-order valence-electron chi connectivity index (χ0n) is 8.74. The van der Waals surface area contributed by atoms with E-state index in [9.17, 15) is 4.79 Å². The minimum absolute atomic E-state index is 0.178. The zero-order valence-corrected chi connectivity index (χ0v) is 10.3. The van der Waals surface area contributed by atoms with Crippen LogP contribution >= 0.6 is 23.2 Å². The molecule has 0 unspecified atom stereocenters. The summed E-state index contributed by atoms with van der Waals surface area (Å²) in [6.45, 7) is 0. The van der Waals surface area contributed by atoms with Crippen LogP contribution in [0.5, 0.6) is 0 Å². The van der Waals surface area contributed by atoms with Crippen LogP contribution in [0.15, 0.2) is 41.0 Å². The summed E-state index contributed by atoms with van der Waals surface area (Å²) in [4.78, 5) is 11.6. The van der Waals surface area contributed by atoms with Crippen LogP contribution in [0.25, 0.3) is 0 Å². The summed E-state index contributed by atoms with van der Waals surface area (Å²) in [5.41, 5.74) is 0.569. The van der Waals surface area contributed by atoms with Crippen LogP contribution in [-0.4, -0.2) is 5.91 Å². The van der Waals surface area contributed by atoms with Crippen LogP contribution in [-0.2, 0) is 11.2 Å². The van der Waals surface area contributed by atoms with E-state index in [1.165, 1.54) is 6.26 Å². The fourth-order valence-electron chi connectivity index (χ4n) is 1.40. The number of amides is 1. The van der Waals surface area contributed by atoms with Gasteiger partial charge in [-0.2, -0.15) is 0 Å². The van der Waals surface area contributed by atoms with E-state index in [0.717, 1.165) is 0 Å². The Labute approximate surface area is 108 Å². The molecular formula is C12H9Cl2NO2. The zero-order chi connectivity index (χ0) is 12.3. The monoisotopic (exact) mass is 269 g/mol. The third kappa shape index (κ3) is 3.51. The molecule has 0 spiro atoms. The van der Waals surface area contributed by atoms with Crippen LogP contribution in [0.2, 0.25) is 10.0 Å². The predicted molar refractivity (Wildman–Crippen MR) is 67.5 cm³/mol. The molecule has 0 radical (unpaired) electrons. The molecule has 3 nitrogen and oxygen atoms in total. The number of hydrogen-bond donors (Lipinski definition) is 1. The number of carbonyl (C=O) groups is 1. The van der Waals surface area contributed by atoms with Gasteiger partial charge in [0.25, 0.3) is 0 Å². The van der Waals surface area contributed by atoms with Crippen molar-refractivity contribution in [1.82, 2.24) is 0 Å². The van der Waals surface area contributed by atoms with E-state index in [-0.39, 0.29) is 12.3 Å². The molecule has 0 aliphatic carbocycles. The molecule has 0 saturated carbocycles. The maximum Gasteiger partial charge on any atom is 0.231 e. The van der Waals surface area contributed by atoms with Crippen molar-refractivity contribution < 1.29 is 9.21 Å². The average molecular weight is 270 g/mol. The first-order valence-corrected chi connectivity index (χ1v) is 5.67. The van der Waals surface area contributed by atoms with Gasteiger partial charge in [0.15, 0.2) is 0 Å². The van der Waals surface area contributed by atoms with E-state index < -0.39 is 0 Å². The lowest BCUT2D eigenvalue weighted by atomic mass is 10.3. The number of halogens is 2. The predicted octanol–water partition coefficient (Wildman–Crippen LogP) is 3.77. The van der Waals surface area contributed by atoms with Gasteiger partial charge >= 0.3 is 0 Å². The van der Waals surface area contributed by atoms with Crippen molar-refractivity contribution in [3.8, 4) is 0 Å². The Morgan fingerprint density at radius 3 is 2.53 bits per heavy atom. The van der Waals surface area contributed by atoms with Crippen molar-refractivity contribution in [2.45, 2.75) is 6.42 Å². The van der Waals surface area contributed by atoms with Crippen molar-refractivity contribution >= 4 is 34.8 Å². The molecule has 1 aromatic heterocycles. The second kappa shape index (κ2) is 5.25. The van der Waals surface area contributed by atoms with Crippen LogP contribution in [0.4, 0.5) is 5.69 Å². The highest BCUT2D eigenvalue weighted by molar-refractivity contribution is 6.35. The normalized spacial score (nSPS) is 10.2. The molecule has 1 heterocycles. The lowest BCUT2D eigenvalue weighted by Gasteiger charge is -2.05. The Hall–Kier alpha value is -1.45. The van der Waals surface area contributed by atoms with Gasteiger partial charge in [0, 0.05) is 15.7 Å². The minimum Gasteiger partial charge on any atom is -0.469 e. The topological polar surface area (TPSA) is 42.2 Å². The molecule has 2 rings (SSSR count). The average Bonchev–Trinajstić information content (AvgIpc) is 2.67. The van der Waals surface area contributed by atoms with Crippen LogP contribution < -0.4 is 5.32 Å². The highest BCUT2D eigenvalue weighted by Crippen LogP contribution is 2.22. The Morgan fingerprint density at radius 2 is 1.94 bits per heavy atom. The molecule has 2 aromatic rings. The van der Waals surface area contributed by atoms with Gasteiger partial charge in [-0.15, -0.1) is 0 Å².